The smallest absolute Gasteiger partial charge is 0.157 e. The van der Waals surface area contributed by atoms with E-state index in [4.69, 9.17) is 0 Å². The van der Waals surface area contributed by atoms with Crippen LogP contribution >= 0.6 is 0 Å². The third kappa shape index (κ3) is 1.03. The van der Waals surface area contributed by atoms with Gasteiger partial charge in [0, 0.05) is 5.56 Å². The van der Waals surface area contributed by atoms with Crippen molar-refractivity contribution in [2.24, 2.45) is 10.2 Å². The summed E-state index contributed by atoms with van der Waals surface area (Å²) in [4.78, 5) is 0. The third-order valence-corrected chi connectivity index (χ3v) is 2.33. The molecule has 1 aliphatic rings. The van der Waals surface area contributed by atoms with Crippen molar-refractivity contribution < 1.29 is 0 Å². The SMILES string of the molecule is c1ccc2c(C3N=N3)cccc2c1. The zero-order valence-corrected chi connectivity index (χ0v) is 7.01. The zero-order chi connectivity index (χ0) is 8.67. The van der Waals surface area contributed by atoms with E-state index in [1.807, 2.05) is 12.1 Å². The first-order valence-corrected chi connectivity index (χ1v) is 4.33. The quantitative estimate of drug-likeness (QED) is 0.624. The Morgan fingerprint density at radius 2 is 1.62 bits per heavy atom. The van der Waals surface area contributed by atoms with E-state index in [1.165, 1.54) is 16.3 Å². The monoisotopic (exact) mass is 168 g/mol. The van der Waals surface area contributed by atoms with Crippen molar-refractivity contribution in [2.75, 3.05) is 0 Å². The van der Waals surface area contributed by atoms with Gasteiger partial charge in [0.25, 0.3) is 0 Å². The molecule has 3 rings (SSSR count). The van der Waals surface area contributed by atoms with E-state index < -0.39 is 0 Å². The Morgan fingerprint density at radius 1 is 0.846 bits per heavy atom. The van der Waals surface area contributed by atoms with Crippen LogP contribution in [0.1, 0.15) is 11.7 Å². The second-order valence-corrected chi connectivity index (χ2v) is 3.17. The lowest BCUT2D eigenvalue weighted by Gasteiger charge is -2.01. The first kappa shape index (κ1) is 6.78. The highest BCUT2D eigenvalue weighted by Crippen LogP contribution is 2.35. The van der Waals surface area contributed by atoms with Gasteiger partial charge in [0.15, 0.2) is 0 Å². The molecule has 0 bridgehead atoms. The lowest BCUT2D eigenvalue weighted by atomic mass is 10.0. The maximum absolute atomic E-state index is 3.95. The predicted octanol–water partition coefficient (Wildman–Crippen LogP) is 3.30. The summed E-state index contributed by atoms with van der Waals surface area (Å²) in [5.41, 5.74) is 1.22. The van der Waals surface area contributed by atoms with Crippen LogP contribution in [0.3, 0.4) is 0 Å². The van der Waals surface area contributed by atoms with Gasteiger partial charge < -0.3 is 0 Å². The Hall–Kier alpha value is -1.70. The molecule has 0 aromatic heterocycles. The van der Waals surface area contributed by atoms with Crippen LogP contribution in [-0.2, 0) is 0 Å². The molecular formula is C11H8N2. The molecule has 0 saturated heterocycles. The van der Waals surface area contributed by atoms with Crippen molar-refractivity contribution in [3.05, 3.63) is 48.0 Å². The second kappa shape index (κ2) is 2.39. The first-order chi connectivity index (χ1) is 6.45. The highest BCUT2D eigenvalue weighted by molar-refractivity contribution is 5.86. The molecule has 2 aromatic rings. The Labute approximate surface area is 75.9 Å². The average Bonchev–Trinajstić information content (AvgIpc) is 3.00. The molecule has 0 spiro atoms. The summed E-state index contributed by atoms with van der Waals surface area (Å²) in [7, 11) is 0. The number of nitrogens with zero attached hydrogens (tertiary/aromatic N) is 2. The maximum Gasteiger partial charge on any atom is 0.206 e. The van der Waals surface area contributed by atoms with E-state index in [9.17, 15) is 0 Å². The van der Waals surface area contributed by atoms with Crippen molar-refractivity contribution in [1.29, 1.82) is 0 Å². The predicted molar refractivity (Wildman–Crippen MR) is 51.5 cm³/mol. The van der Waals surface area contributed by atoms with Gasteiger partial charge in [-0.25, -0.2) is 0 Å². The normalized spacial score (nSPS) is 15.1. The Bertz CT molecular complexity index is 477. The van der Waals surface area contributed by atoms with Gasteiger partial charge in [-0.15, -0.1) is 0 Å². The minimum absolute atomic E-state index is 0.103. The molecule has 13 heavy (non-hydrogen) atoms. The van der Waals surface area contributed by atoms with Crippen LogP contribution < -0.4 is 0 Å². The van der Waals surface area contributed by atoms with Gasteiger partial charge in [0.2, 0.25) is 6.17 Å². The van der Waals surface area contributed by atoms with Crippen LogP contribution in [0.4, 0.5) is 0 Å². The van der Waals surface area contributed by atoms with Gasteiger partial charge in [0.05, 0.1) is 0 Å². The molecule has 0 unspecified atom stereocenters. The van der Waals surface area contributed by atoms with Crippen LogP contribution in [0.25, 0.3) is 10.8 Å². The van der Waals surface area contributed by atoms with Gasteiger partial charge in [-0.05, 0) is 10.8 Å². The van der Waals surface area contributed by atoms with E-state index in [0.717, 1.165) is 0 Å². The zero-order valence-electron chi connectivity index (χ0n) is 7.01. The minimum Gasteiger partial charge on any atom is -0.157 e. The molecule has 0 fully saturated rings. The molecular weight excluding hydrogens is 160 g/mol. The molecule has 0 atom stereocenters. The molecule has 2 heteroatoms. The summed E-state index contributed by atoms with van der Waals surface area (Å²) < 4.78 is 0. The second-order valence-electron chi connectivity index (χ2n) is 3.17. The number of rotatable bonds is 1. The summed E-state index contributed by atoms with van der Waals surface area (Å²) in [6.07, 6.45) is 0.103. The van der Waals surface area contributed by atoms with Crippen LogP contribution in [0, 0.1) is 0 Å². The molecule has 1 heterocycles. The van der Waals surface area contributed by atoms with Gasteiger partial charge >= 0.3 is 0 Å². The van der Waals surface area contributed by atoms with E-state index in [0.29, 0.717) is 0 Å². The molecule has 1 aliphatic heterocycles. The van der Waals surface area contributed by atoms with Crippen LogP contribution in [0.15, 0.2) is 52.7 Å². The van der Waals surface area contributed by atoms with Gasteiger partial charge in [0.1, 0.15) is 0 Å². The summed E-state index contributed by atoms with van der Waals surface area (Å²) in [6, 6.07) is 14.6. The number of benzene rings is 2. The van der Waals surface area contributed by atoms with Crippen LogP contribution in [0.2, 0.25) is 0 Å². The Morgan fingerprint density at radius 3 is 2.46 bits per heavy atom. The molecule has 0 saturated carbocycles. The average molecular weight is 168 g/mol. The van der Waals surface area contributed by atoms with E-state index in [-0.39, 0.29) is 6.17 Å². The molecule has 62 valence electrons. The minimum atomic E-state index is 0.103. The molecule has 2 aromatic carbocycles. The molecule has 2 nitrogen and oxygen atoms in total. The third-order valence-electron chi connectivity index (χ3n) is 2.33. The lowest BCUT2D eigenvalue weighted by molar-refractivity contribution is 1.07. The maximum atomic E-state index is 3.95. The van der Waals surface area contributed by atoms with Crippen molar-refractivity contribution in [3.8, 4) is 0 Å². The van der Waals surface area contributed by atoms with E-state index in [2.05, 4.69) is 40.6 Å². The van der Waals surface area contributed by atoms with Crippen molar-refractivity contribution >= 4 is 10.8 Å². The van der Waals surface area contributed by atoms with E-state index >= 15 is 0 Å². The summed E-state index contributed by atoms with van der Waals surface area (Å²) in [5.74, 6) is 0. The van der Waals surface area contributed by atoms with Crippen molar-refractivity contribution in [2.45, 2.75) is 6.17 Å². The van der Waals surface area contributed by atoms with Gasteiger partial charge in [-0.1, -0.05) is 42.5 Å². The van der Waals surface area contributed by atoms with Crippen LogP contribution in [0.5, 0.6) is 0 Å². The summed E-state index contributed by atoms with van der Waals surface area (Å²) >= 11 is 0. The number of hydrogen-bond acceptors (Lipinski definition) is 2. The molecule has 0 radical (unpaired) electrons. The summed E-state index contributed by atoms with van der Waals surface area (Å²) in [5, 5.41) is 10.4. The Kier molecular flexibility index (Phi) is 1.25. The number of hydrogen-bond donors (Lipinski definition) is 0. The topological polar surface area (TPSA) is 24.7 Å². The summed E-state index contributed by atoms with van der Waals surface area (Å²) in [6.45, 7) is 0. The fourth-order valence-electron chi connectivity index (χ4n) is 1.63. The lowest BCUT2D eigenvalue weighted by Crippen LogP contribution is -1.82. The molecule has 0 N–H and O–H groups in total. The highest BCUT2D eigenvalue weighted by Gasteiger charge is 2.19. The fourth-order valence-corrected chi connectivity index (χ4v) is 1.63. The van der Waals surface area contributed by atoms with Crippen LogP contribution in [-0.4, -0.2) is 0 Å². The van der Waals surface area contributed by atoms with Crippen molar-refractivity contribution in [1.82, 2.24) is 0 Å². The molecule has 0 amide bonds. The van der Waals surface area contributed by atoms with Crippen molar-refractivity contribution in [3.63, 3.8) is 0 Å². The first-order valence-electron chi connectivity index (χ1n) is 4.33. The highest BCUT2D eigenvalue weighted by atomic mass is 15.4. The number of fused-ring (bicyclic) bond motifs is 1. The van der Waals surface area contributed by atoms with E-state index in [1.54, 1.807) is 0 Å². The standard InChI is InChI=1S/C11H8N2/c1-2-6-9-8(4-1)5-3-7-10(9)11-12-13-11/h1-7,11H. The van der Waals surface area contributed by atoms with Gasteiger partial charge in [-0.3, -0.25) is 0 Å². The van der Waals surface area contributed by atoms with Gasteiger partial charge in [-0.2, -0.15) is 10.2 Å². The largest absolute Gasteiger partial charge is 0.206 e. The fraction of sp³-hybridized carbons (Fsp3) is 0.0909. The molecule has 0 aliphatic carbocycles. The Balaban J connectivity index is 2.33.